The van der Waals surface area contributed by atoms with Crippen molar-refractivity contribution in [1.82, 2.24) is 15.5 Å². The molecule has 1 atom stereocenters. The summed E-state index contributed by atoms with van der Waals surface area (Å²) in [5, 5.41) is 6.70. The Bertz CT molecular complexity index is 343. The van der Waals surface area contributed by atoms with Gasteiger partial charge in [0.15, 0.2) is 5.96 Å². The fraction of sp³-hybridized carbons (Fsp3) is 0.944. The number of aliphatic imine (C=N–C) groups is 1. The highest BCUT2D eigenvalue weighted by Crippen LogP contribution is 2.07. The van der Waals surface area contributed by atoms with Crippen LogP contribution in [0.4, 0.5) is 0 Å². The summed E-state index contributed by atoms with van der Waals surface area (Å²) in [4.78, 5) is 6.76. The highest BCUT2D eigenvalue weighted by atomic mass is 127. The van der Waals surface area contributed by atoms with E-state index in [1.165, 1.54) is 6.42 Å². The van der Waals surface area contributed by atoms with Gasteiger partial charge in [0, 0.05) is 53.0 Å². The zero-order valence-corrected chi connectivity index (χ0v) is 18.9. The lowest BCUT2D eigenvalue weighted by Crippen LogP contribution is -2.50. The zero-order valence-electron chi connectivity index (χ0n) is 16.6. The van der Waals surface area contributed by atoms with Crippen LogP contribution >= 0.6 is 24.0 Å². The van der Waals surface area contributed by atoms with Crippen molar-refractivity contribution < 1.29 is 9.47 Å². The third-order valence-electron chi connectivity index (χ3n) is 3.97. The van der Waals surface area contributed by atoms with Crippen LogP contribution in [-0.4, -0.2) is 76.6 Å². The maximum Gasteiger partial charge on any atom is 0.191 e. The van der Waals surface area contributed by atoms with Gasteiger partial charge in [0.25, 0.3) is 0 Å². The minimum atomic E-state index is 0. The number of guanidine groups is 1. The van der Waals surface area contributed by atoms with Crippen molar-refractivity contribution in [3.05, 3.63) is 0 Å². The third kappa shape index (κ3) is 12.8. The van der Waals surface area contributed by atoms with Crippen molar-refractivity contribution >= 4 is 29.9 Å². The van der Waals surface area contributed by atoms with Crippen molar-refractivity contribution in [2.24, 2.45) is 10.9 Å². The topological polar surface area (TPSA) is 58.1 Å². The molecule has 150 valence electrons. The number of nitrogens with one attached hydrogen (secondary N) is 2. The molecular weight excluding hydrogens is 431 g/mol. The Morgan fingerprint density at radius 3 is 2.72 bits per heavy atom. The fourth-order valence-corrected chi connectivity index (χ4v) is 2.75. The second kappa shape index (κ2) is 16.1. The molecular formula is C18H39IN4O2. The summed E-state index contributed by atoms with van der Waals surface area (Å²) in [5.41, 5.74) is 0. The van der Waals surface area contributed by atoms with Gasteiger partial charge >= 0.3 is 0 Å². The monoisotopic (exact) mass is 470 g/mol. The van der Waals surface area contributed by atoms with Crippen LogP contribution in [0.2, 0.25) is 0 Å². The van der Waals surface area contributed by atoms with Crippen LogP contribution in [0.3, 0.4) is 0 Å². The van der Waals surface area contributed by atoms with Crippen LogP contribution in [0.25, 0.3) is 0 Å². The SMILES string of the molecule is CCCCOCCCNC(=NC)NCC1CN(CC(C)C)CCO1.I. The minimum Gasteiger partial charge on any atom is -0.381 e. The molecule has 0 aromatic rings. The summed E-state index contributed by atoms with van der Waals surface area (Å²) in [6.45, 7) is 14.0. The molecule has 6 nitrogen and oxygen atoms in total. The average Bonchev–Trinajstić information content (AvgIpc) is 2.56. The lowest BCUT2D eigenvalue weighted by atomic mass is 10.2. The Kier molecular flexibility index (Phi) is 16.0. The molecule has 0 aromatic carbocycles. The lowest BCUT2D eigenvalue weighted by Gasteiger charge is -2.34. The van der Waals surface area contributed by atoms with E-state index in [0.717, 1.165) is 71.3 Å². The molecule has 1 rings (SSSR count). The van der Waals surface area contributed by atoms with Crippen LogP contribution in [-0.2, 0) is 9.47 Å². The second-order valence-electron chi connectivity index (χ2n) is 6.85. The minimum absolute atomic E-state index is 0. The molecule has 1 heterocycles. The van der Waals surface area contributed by atoms with Gasteiger partial charge in [-0.05, 0) is 18.8 Å². The third-order valence-corrected chi connectivity index (χ3v) is 3.97. The molecule has 0 radical (unpaired) electrons. The second-order valence-corrected chi connectivity index (χ2v) is 6.85. The van der Waals surface area contributed by atoms with Crippen molar-refractivity contribution in [1.29, 1.82) is 0 Å². The quantitative estimate of drug-likeness (QED) is 0.210. The summed E-state index contributed by atoms with van der Waals surface area (Å²) in [7, 11) is 1.81. The van der Waals surface area contributed by atoms with E-state index in [4.69, 9.17) is 9.47 Å². The fourth-order valence-electron chi connectivity index (χ4n) is 2.75. The van der Waals surface area contributed by atoms with Crippen LogP contribution in [0.5, 0.6) is 0 Å². The Balaban J connectivity index is 0.00000576. The maximum atomic E-state index is 5.86. The molecule has 0 amide bonds. The molecule has 1 aliphatic rings. The van der Waals surface area contributed by atoms with Crippen LogP contribution in [0.15, 0.2) is 4.99 Å². The number of morpholine rings is 1. The van der Waals surface area contributed by atoms with Crippen LogP contribution in [0, 0.1) is 5.92 Å². The number of ether oxygens (including phenoxy) is 2. The first-order valence-corrected chi connectivity index (χ1v) is 9.51. The highest BCUT2D eigenvalue weighted by molar-refractivity contribution is 14.0. The first-order chi connectivity index (χ1) is 11.7. The lowest BCUT2D eigenvalue weighted by molar-refractivity contribution is -0.0284. The van der Waals surface area contributed by atoms with Gasteiger partial charge in [0.2, 0.25) is 0 Å². The van der Waals surface area contributed by atoms with E-state index >= 15 is 0 Å². The van der Waals surface area contributed by atoms with Crippen molar-refractivity contribution in [3.8, 4) is 0 Å². The molecule has 0 aromatic heterocycles. The number of unbranched alkanes of at least 4 members (excludes halogenated alkanes) is 1. The summed E-state index contributed by atoms with van der Waals surface area (Å²) in [6.07, 6.45) is 3.55. The summed E-state index contributed by atoms with van der Waals surface area (Å²) in [5.74, 6) is 1.54. The van der Waals surface area contributed by atoms with Crippen molar-refractivity contribution in [3.63, 3.8) is 0 Å². The van der Waals surface area contributed by atoms with E-state index in [1.54, 1.807) is 7.05 Å². The van der Waals surface area contributed by atoms with Gasteiger partial charge in [-0.1, -0.05) is 27.2 Å². The Morgan fingerprint density at radius 2 is 2.04 bits per heavy atom. The Hall–Kier alpha value is -0.120. The molecule has 1 fully saturated rings. The summed E-state index contributed by atoms with van der Waals surface area (Å²) in [6, 6.07) is 0. The molecule has 0 saturated carbocycles. The molecule has 1 unspecified atom stereocenters. The molecule has 1 saturated heterocycles. The molecule has 0 aliphatic carbocycles. The number of rotatable bonds is 11. The summed E-state index contributed by atoms with van der Waals surface area (Å²) >= 11 is 0. The van der Waals surface area contributed by atoms with Crippen LogP contribution in [0.1, 0.15) is 40.0 Å². The van der Waals surface area contributed by atoms with E-state index in [1.807, 2.05) is 0 Å². The molecule has 25 heavy (non-hydrogen) atoms. The predicted molar refractivity (Wildman–Crippen MR) is 116 cm³/mol. The molecule has 1 aliphatic heterocycles. The molecule has 0 spiro atoms. The van der Waals surface area contributed by atoms with Gasteiger partial charge in [-0.2, -0.15) is 0 Å². The van der Waals surface area contributed by atoms with Gasteiger partial charge in [-0.25, -0.2) is 0 Å². The van der Waals surface area contributed by atoms with Crippen molar-refractivity contribution in [2.45, 2.75) is 46.1 Å². The first kappa shape index (κ1) is 24.9. The predicted octanol–water partition coefficient (Wildman–Crippen LogP) is 2.33. The Labute approximate surface area is 171 Å². The molecule has 7 heteroatoms. The van der Waals surface area contributed by atoms with Gasteiger partial charge in [-0.15, -0.1) is 24.0 Å². The van der Waals surface area contributed by atoms with E-state index < -0.39 is 0 Å². The average molecular weight is 470 g/mol. The van der Waals surface area contributed by atoms with Crippen molar-refractivity contribution in [2.75, 3.05) is 59.6 Å². The van der Waals surface area contributed by atoms with Gasteiger partial charge in [0.05, 0.1) is 12.7 Å². The van der Waals surface area contributed by atoms with E-state index in [2.05, 4.69) is 41.3 Å². The summed E-state index contributed by atoms with van der Waals surface area (Å²) < 4.78 is 11.4. The largest absolute Gasteiger partial charge is 0.381 e. The van der Waals surface area contributed by atoms with Gasteiger partial charge < -0.3 is 20.1 Å². The first-order valence-electron chi connectivity index (χ1n) is 9.51. The Morgan fingerprint density at radius 1 is 1.28 bits per heavy atom. The zero-order chi connectivity index (χ0) is 17.6. The number of nitrogens with zero attached hydrogens (tertiary/aromatic N) is 2. The molecule has 0 bridgehead atoms. The highest BCUT2D eigenvalue weighted by Gasteiger charge is 2.20. The van der Waals surface area contributed by atoms with Crippen LogP contribution < -0.4 is 10.6 Å². The molecule has 2 N–H and O–H groups in total. The maximum absolute atomic E-state index is 5.86. The number of hydrogen-bond donors (Lipinski definition) is 2. The van der Waals surface area contributed by atoms with Gasteiger partial charge in [-0.3, -0.25) is 9.89 Å². The van der Waals surface area contributed by atoms with Gasteiger partial charge in [0.1, 0.15) is 0 Å². The van der Waals surface area contributed by atoms with E-state index in [0.29, 0.717) is 5.92 Å². The number of halogens is 1. The standard InChI is InChI=1S/C18H38N4O2.HI/c1-5-6-10-23-11-7-8-20-18(19-4)21-13-17-15-22(9-12-24-17)14-16(2)3;/h16-17H,5-15H2,1-4H3,(H2,19,20,21);1H. The van der Waals surface area contributed by atoms with E-state index in [9.17, 15) is 0 Å². The number of hydrogen-bond acceptors (Lipinski definition) is 4. The smallest absolute Gasteiger partial charge is 0.191 e. The normalized spacial score (nSPS) is 18.9. The van der Waals surface area contributed by atoms with E-state index in [-0.39, 0.29) is 30.1 Å².